The van der Waals surface area contributed by atoms with Crippen molar-refractivity contribution in [1.82, 2.24) is 20.3 Å². The summed E-state index contributed by atoms with van der Waals surface area (Å²) in [5.41, 5.74) is 4.52. The smallest absolute Gasteiger partial charge is 0.212 e. The van der Waals surface area contributed by atoms with Gasteiger partial charge in [0.25, 0.3) is 0 Å². The fourth-order valence-electron chi connectivity index (χ4n) is 2.54. The number of allylic oxidation sites excluding steroid dienone is 1. The molecule has 0 bridgehead atoms. The number of hydrogen-bond donors (Lipinski definition) is 2. The molecule has 0 saturated heterocycles. The van der Waals surface area contributed by atoms with Gasteiger partial charge in [0.15, 0.2) is 0 Å². The van der Waals surface area contributed by atoms with Crippen molar-refractivity contribution in [2.45, 2.75) is 33.2 Å². The van der Waals surface area contributed by atoms with Crippen molar-refractivity contribution in [3.8, 4) is 6.07 Å². The van der Waals surface area contributed by atoms with Crippen molar-refractivity contribution in [3.63, 3.8) is 0 Å². The molecule has 0 radical (unpaired) electrons. The molecule has 2 heterocycles. The third-order valence-electron chi connectivity index (χ3n) is 4.16. The van der Waals surface area contributed by atoms with Crippen LogP contribution >= 0.6 is 0 Å². The number of nitriles is 1. The summed E-state index contributed by atoms with van der Waals surface area (Å²) in [6.45, 7) is 4.74. The van der Waals surface area contributed by atoms with Crippen molar-refractivity contribution in [2.24, 2.45) is 0 Å². The zero-order chi connectivity index (χ0) is 22.3. The first kappa shape index (κ1) is 23.2. The van der Waals surface area contributed by atoms with E-state index in [1.165, 1.54) is 11.9 Å². The van der Waals surface area contributed by atoms with Gasteiger partial charge >= 0.3 is 0 Å². The van der Waals surface area contributed by atoms with Crippen molar-refractivity contribution >= 4 is 17.9 Å². The number of amides is 1. The van der Waals surface area contributed by atoms with Crippen molar-refractivity contribution in [2.75, 3.05) is 5.32 Å². The van der Waals surface area contributed by atoms with Gasteiger partial charge in [-0.3, -0.25) is 9.78 Å². The highest BCUT2D eigenvalue weighted by molar-refractivity contribution is 5.71. The van der Waals surface area contributed by atoms with E-state index < -0.39 is 0 Å². The van der Waals surface area contributed by atoms with E-state index in [4.69, 9.17) is 5.26 Å². The molecular formula is C24H26N6O. The Morgan fingerprint density at radius 2 is 2.00 bits per heavy atom. The zero-order valence-corrected chi connectivity index (χ0v) is 17.7. The number of aromatic nitrogens is 3. The Labute approximate surface area is 182 Å². The molecule has 0 aliphatic heterocycles. The highest BCUT2D eigenvalue weighted by Gasteiger charge is 2.05. The van der Waals surface area contributed by atoms with E-state index in [0.29, 0.717) is 24.3 Å². The van der Waals surface area contributed by atoms with Crippen LogP contribution in [0.5, 0.6) is 0 Å². The minimum atomic E-state index is 0.456. The molecule has 1 amide bonds. The average molecular weight is 415 g/mol. The maximum atomic E-state index is 10.6. The summed E-state index contributed by atoms with van der Waals surface area (Å²) < 4.78 is 0. The molecule has 158 valence electrons. The Hall–Kier alpha value is -4.05. The van der Waals surface area contributed by atoms with E-state index in [0.717, 1.165) is 29.8 Å². The van der Waals surface area contributed by atoms with Crippen LogP contribution in [0.4, 0.5) is 5.82 Å². The van der Waals surface area contributed by atoms with Gasteiger partial charge in [-0.25, -0.2) is 9.97 Å². The topological polar surface area (TPSA) is 104 Å². The van der Waals surface area contributed by atoms with Crippen LogP contribution in [-0.4, -0.2) is 21.4 Å². The second-order valence-corrected chi connectivity index (χ2v) is 6.65. The minimum Gasteiger partial charge on any atom is -0.379 e. The van der Waals surface area contributed by atoms with Crippen molar-refractivity contribution < 1.29 is 4.79 Å². The fourth-order valence-corrected chi connectivity index (χ4v) is 2.54. The van der Waals surface area contributed by atoms with Crippen LogP contribution in [0, 0.1) is 18.3 Å². The fraction of sp³-hybridized carbons (Fsp3) is 0.208. The molecule has 3 aromatic rings. The Kier molecular flexibility index (Phi) is 9.91. The van der Waals surface area contributed by atoms with Gasteiger partial charge in [0.2, 0.25) is 6.41 Å². The highest BCUT2D eigenvalue weighted by atomic mass is 16.1. The second-order valence-electron chi connectivity index (χ2n) is 6.65. The normalized spacial score (nSPS) is 10.3. The monoisotopic (exact) mass is 414 g/mol. The van der Waals surface area contributed by atoms with Crippen LogP contribution in [0.1, 0.15) is 42.1 Å². The highest BCUT2D eigenvalue weighted by Crippen LogP contribution is 2.14. The van der Waals surface area contributed by atoms with Gasteiger partial charge in [0, 0.05) is 25.0 Å². The second kappa shape index (κ2) is 13.2. The van der Waals surface area contributed by atoms with E-state index >= 15 is 0 Å². The molecule has 2 N–H and O–H groups in total. The summed E-state index contributed by atoms with van der Waals surface area (Å²) in [5.74, 6) is 0.456. The lowest BCUT2D eigenvalue weighted by atomic mass is 10.1. The lowest BCUT2D eigenvalue weighted by Gasteiger charge is -2.12. The molecular weight excluding hydrogens is 388 g/mol. The first-order chi connectivity index (χ1) is 15.2. The number of anilines is 1. The lowest BCUT2D eigenvalue weighted by Crippen LogP contribution is -2.13. The number of unbranched alkanes of at least 4 members (excludes halogenated alkanes) is 1. The molecule has 0 spiro atoms. The first-order valence-corrected chi connectivity index (χ1v) is 9.98. The predicted molar refractivity (Wildman–Crippen MR) is 122 cm³/mol. The van der Waals surface area contributed by atoms with E-state index in [9.17, 15) is 4.79 Å². The molecule has 0 unspecified atom stereocenters. The predicted octanol–water partition coefficient (Wildman–Crippen LogP) is 4.24. The summed E-state index contributed by atoms with van der Waals surface area (Å²) >= 11 is 0. The number of hydrogen-bond acceptors (Lipinski definition) is 6. The Bertz CT molecular complexity index is 1010. The van der Waals surface area contributed by atoms with Gasteiger partial charge in [0.05, 0.1) is 23.0 Å². The van der Waals surface area contributed by atoms with Crippen LogP contribution in [-0.2, 0) is 11.3 Å². The van der Waals surface area contributed by atoms with Gasteiger partial charge in [0.1, 0.15) is 12.1 Å². The number of rotatable bonds is 8. The van der Waals surface area contributed by atoms with Crippen LogP contribution < -0.4 is 10.6 Å². The Morgan fingerprint density at radius 3 is 2.58 bits per heavy atom. The van der Waals surface area contributed by atoms with Crippen LogP contribution in [0.3, 0.4) is 0 Å². The quantitative estimate of drug-likeness (QED) is 0.535. The van der Waals surface area contributed by atoms with Crippen molar-refractivity contribution in [3.05, 3.63) is 89.6 Å². The largest absolute Gasteiger partial charge is 0.379 e. The number of aryl methyl sites for hydroxylation is 1. The zero-order valence-electron chi connectivity index (χ0n) is 17.7. The molecule has 0 saturated carbocycles. The van der Waals surface area contributed by atoms with Gasteiger partial charge in [-0.05, 0) is 42.7 Å². The minimum absolute atomic E-state index is 0.456. The third kappa shape index (κ3) is 8.46. The van der Waals surface area contributed by atoms with E-state index in [1.807, 2.05) is 37.4 Å². The van der Waals surface area contributed by atoms with Crippen LogP contribution in [0.2, 0.25) is 0 Å². The molecule has 31 heavy (non-hydrogen) atoms. The van der Waals surface area contributed by atoms with Crippen LogP contribution in [0.25, 0.3) is 5.70 Å². The third-order valence-corrected chi connectivity index (χ3v) is 4.16. The number of carbonyl (C=O) groups excluding carboxylic acids is 1. The molecule has 7 heteroatoms. The Balaban J connectivity index is 0.000000412. The molecule has 2 aromatic heterocycles. The average Bonchev–Trinajstić information content (AvgIpc) is 2.81. The lowest BCUT2D eigenvalue weighted by molar-refractivity contribution is -0.105. The van der Waals surface area contributed by atoms with E-state index in [-0.39, 0.29) is 0 Å². The Morgan fingerprint density at radius 1 is 1.19 bits per heavy atom. The van der Waals surface area contributed by atoms with E-state index in [1.54, 1.807) is 24.4 Å². The molecule has 0 aliphatic carbocycles. The van der Waals surface area contributed by atoms with Gasteiger partial charge in [-0.1, -0.05) is 37.6 Å². The number of benzene rings is 1. The molecule has 3 rings (SSSR count). The van der Waals surface area contributed by atoms with E-state index in [2.05, 4.69) is 44.7 Å². The molecule has 0 fully saturated rings. The number of nitrogens with zero attached hydrogens (tertiary/aromatic N) is 4. The summed E-state index contributed by atoms with van der Waals surface area (Å²) in [6.07, 6.45) is 9.63. The maximum Gasteiger partial charge on any atom is 0.212 e. The maximum absolute atomic E-state index is 10.6. The van der Waals surface area contributed by atoms with Gasteiger partial charge < -0.3 is 10.6 Å². The van der Waals surface area contributed by atoms with Gasteiger partial charge in [-0.15, -0.1) is 0 Å². The SMILES string of the molecule is CCC/C=C(/NCc1ccc(C#N)cc1)c1cc(NC=O)ncn1.Cc1cccnc1. The standard InChI is InChI=1S/C18H19N5O.C6H7N/c1-2-3-4-16(17-9-18(23-13-24)22-12-21-17)20-11-15-7-5-14(10-19)6-8-15;1-6-3-2-4-7-5-6/h4-9,12-13,20H,2-3,11H2,1H3,(H,21,22,23,24);2-5H,1H3/b16-4+;. The summed E-state index contributed by atoms with van der Waals surface area (Å²) in [6, 6.07) is 15.2. The molecule has 0 aliphatic rings. The first-order valence-electron chi connectivity index (χ1n) is 9.98. The summed E-state index contributed by atoms with van der Waals surface area (Å²) in [7, 11) is 0. The molecule has 0 atom stereocenters. The number of carbonyl (C=O) groups is 1. The molecule has 1 aromatic carbocycles. The number of pyridine rings is 1. The van der Waals surface area contributed by atoms with Crippen molar-refractivity contribution in [1.29, 1.82) is 5.26 Å². The molecule has 7 nitrogen and oxygen atoms in total. The van der Waals surface area contributed by atoms with Crippen LogP contribution in [0.15, 0.2) is 67.3 Å². The summed E-state index contributed by atoms with van der Waals surface area (Å²) in [5, 5.41) is 14.7. The van der Waals surface area contributed by atoms with Gasteiger partial charge in [-0.2, -0.15) is 5.26 Å². The number of nitrogens with one attached hydrogen (secondary N) is 2. The summed E-state index contributed by atoms with van der Waals surface area (Å²) in [4.78, 5) is 22.7.